The number of nitrogens with one attached hydrogen (secondary N) is 2. The Morgan fingerprint density at radius 1 is 0.774 bits per heavy atom. The van der Waals surface area contributed by atoms with E-state index in [1.807, 2.05) is 72.7 Å². The second kappa shape index (κ2) is 26.5. The summed E-state index contributed by atoms with van der Waals surface area (Å²) in [5.74, 6) is 0.667. The predicted molar refractivity (Wildman–Crippen MR) is 245 cm³/mol. The molecule has 4 saturated heterocycles. The van der Waals surface area contributed by atoms with Crippen molar-refractivity contribution >= 4 is 17.7 Å². The Balaban J connectivity index is 0.000000278. The molecule has 4 aliphatic rings. The Morgan fingerprint density at radius 3 is 1.71 bits per heavy atom. The van der Waals surface area contributed by atoms with Crippen LogP contribution in [0.3, 0.4) is 0 Å². The van der Waals surface area contributed by atoms with Gasteiger partial charge in [0, 0.05) is 45.8 Å². The van der Waals surface area contributed by atoms with Crippen molar-refractivity contribution in [2.45, 2.75) is 142 Å². The number of benzene rings is 2. The third-order valence-electron chi connectivity index (χ3n) is 9.26. The Bertz CT molecular complexity index is 1500. The first-order chi connectivity index (χ1) is 28.9. The van der Waals surface area contributed by atoms with Crippen molar-refractivity contribution in [1.29, 1.82) is 0 Å². The van der Waals surface area contributed by atoms with Crippen LogP contribution in [0.5, 0.6) is 0 Å². The number of ether oxygens (including phenoxy) is 5. The third-order valence-corrected chi connectivity index (χ3v) is 9.60. The third kappa shape index (κ3) is 25.8. The van der Waals surface area contributed by atoms with Gasteiger partial charge in [-0.05, 0) is 87.3 Å². The van der Waals surface area contributed by atoms with E-state index in [1.165, 1.54) is 11.1 Å². The maximum atomic E-state index is 11.9. The van der Waals surface area contributed by atoms with E-state index in [0.717, 1.165) is 45.9 Å². The Hall–Kier alpha value is -2.44. The van der Waals surface area contributed by atoms with Gasteiger partial charge in [0.05, 0.1) is 92.2 Å². The molecule has 2 aromatic rings. The lowest BCUT2D eigenvalue weighted by Gasteiger charge is -2.42. The number of morpholine rings is 3. The van der Waals surface area contributed by atoms with E-state index in [0.29, 0.717) is 31.6 Å². The Kier molecular flexibility index (Phi) is 23.8. The van der Waals surface area contributed by atoms with Crippen LogP contribution in [0.25, 0.3) is 0 Å². The van der Waals surface area contributed by atoms with Crippen LogP contribution in [-0.2, 0) is 36.8 Å². The van der Waals surface area contributed by atoms with Crippen LogP contribution in [-0.4, -0.2) is 167 Å². The number of amides is 1. The minimum Gasteiger partial charge on any atom is -0.444 e. The number of carbonyl (C=O) groups is 1. The van der Waals surface area contributed by atoms with Crippen LogP contribution >= 0.6 is 11.6 Å². The normalized spacial score (nSPS) is 23.9. The van der Waals surface area contributed by atoms with Gasteiger partial charge in [-0.25, -0.2) is 4.79 Å². The highest BCUT2D eigenvalue weighted by Gasteiger charge is 2.37. The van der Waals surface area contributed by atoms with Gasteiger partial charge in [-0.3, -0.25) is 4.90 Å². The van der Waals surface area contributed by atoms with Gasteiger partial charge in [-0.2, -0.15) is 0 Å². The molecular weight excluding hydrogens is 816 g/mol. The summed E-state index contributed by atoms with van der Waals surface area (Å²) >= 11 is 5.27. The lowest BCUT2D eigenvalue weighted by molar-refractivity contribution is -0.150. The second-order valence-electron chi connectivity index (χ2n) is 19.7. The first kappa shape index (κ1) is 55.7. The van der Waals surface area contributed by atoms with Crippen molar-refractivity contribution in [2.24, 2.45) is 0 Å². The van der Waals surface area contributed by atoms with Crippen LogP contribution < -0.4 is 10.6 Å². The first-order valence-corrected chi connectivity index (χ1v) is 22.4. The molecule has 0 saturated carbocycles. The molecule has 14 nitrogen and oxygen atoms in total. The van der Waals surface area contributed by atoms with Crippen LogP contribution in [0.4, 0.5) is 4.79 Å². The monoisotopic (exact) mass is 897 g/mol. The van der Waals surface area contributed by atoms with Gasteiger partial charge in [0.2, 0.25) is 0 Å². The molecule has 62 heavy (non-hydrogen) atoms. The molecule has 0 bridgehead atoms. The number of hydrogen-bond acceptors (Lipinski definition) is 13. The van der Waals surface area contributed by atoms with Crippen LogP contribution in [0.2, 0.25) is 0 Å². The molecule has 6 N–H and O–H groups in total. The summed E-state index contributed by atoms with van der Waals surface area (Å²) in [6, 6.07) is 20.6. The number of alkyl halides is 1. The zero-order valence-electron chi connectivity index (χ0n) is 39.5. The van der Waals surface area contributed by atoms with Crippen molar-refractivity contribution in [1.82, 2.24) is 20.4 Å². The van der Waals surface area contributed by atoms with Gasteiger partial charge in [0.15, 0.2) is 0 Å². The largest absolute Gasteiger partial charge is 0.444 e. The van der Waals surface area contributed by atoms with Gasteiger partial charge in [0.25, 0.3) is 0 Å². The van der Waals surface area contributed by atoms with Crippen molar-refractivity contribution in [3.63, 3.8) is 0 Å². The molecule has 0 unspecified atom stereocenters. The SMILES string of the molecule is CC(C)(C)OC(=O)N1C[C@@H](CO)OC(C)(C)C1.CC(C)(O)CNCc1ccccc1.CC1(C)CN(Cc2ccccc2)C[C@@H](CO)O1.CC1(C)CNC[C@@H](CO)O1.ClC[C@H]1CO1. The number of halogens is 1. The van der Waals surface area contributed by atoms with E-state index >= 15 is 0 Å². The van der Waals surface area contributed by atoms with E-state index in [2.05, 4.69) is 65.8 Å². The lowest BCUT2D eigenvalue weighted by Crippen LogP contribution is -2.56. The van der Waals surface area contributed by atoms with Crippen LogP contribution in [0.1, 0.15) is 87.3 Å². The second-order valence-corrected chi connectivity index (χ2v) is 20.0. The molecule has 0 aromatic heterocycles. The fourth-order valence-corrected chi connectivity index (χ4v) is 6.94. The fraction of sp³-hybridized carbons (Fsp3) is 0.723. The summed E-state index contributed by atoms with van der Waals surface area (Å²) in [6.45, 7) is 28.6. The van der Waals surface area contributed by atoms with E-state index < -0.39 is 16.8 Å². The molecule has 15 heteroatoms. The maximum Gasteiger partial charge on any atom is 0.410 e. The predicted octanol–water partition coefficient (Wildman–Crippen LogP) is 4.97. The summed E-state index contributed by atoms with van der Waals surface area (Å²) in [5.41, 5.74) is 0.658. The Labute approximate surface area is 377 Å². The number of aliphatic hydroxyl groups is 4. The van der Waals surface area contributed by atoms with Crippen molar-refractivity contribution in [3.05, 3.63) is 71.8 Å². The summed E-state index contributed by atoms with van der Waals surface area (Å²) in [5, 5.41) is 43.0. The zero-order valence-corrected chi connectivity index (χ0v) is 40.2. The van der Waals surface area contributed by atoms with Gasteiger partial charge >= 0.3 is 6.09 Å². The molecule has 0 radical (unpaired) electrons. The number of rotatable bonds is 10. The van der Waals surface area contributed by atoms with E-state index in [1.54, 1.807) is 18.7 Å². The summed E-state index contributed by atoms with van der Waals surface area (Å²) in [6.07, 6.45) is -0.388. The van der Waals surface area contributed by atoms with Gasteiger partial charge in [0.1, 0.15) is 5.60 Å². The average Bonchev–Trinajstić information content (AvgIpc) is 4.02. The highest BCUT2D eigenvalue weighted by molar-refractivity contribution is 6.18. The van der Waals surface area contributed by atoms with Gasteiger partial charge in [-0.1, -0.05) is 60.7 Å². The molecule has 1 amide bonds. The van der Waals surface area contributed by atoms with Crippen LogP contribution in [0, 0.1) is 0 Å². The molecule has 4 aliphatic heterocycles. The topological polar surface area (TPSA) is 178 Å². The summed E-state index contributed by atoms with van der Waals surface area (Å²) in [4.78, 5) is 15.9. The van der Waals surface area contributed by atoms with E-state index in [9.17, 15) is 15.0 Å². The molecule has 6 rings (SSSR count). The minimum absolute atomic E-state index is 0.0243. The van der Waals surface area contributed by atoms with Crippen molar-refractivity contribution in [3.8, 4) is 0 Å². The Morgan fingerprint density at radius 2 is 1.27 bits per heavy atom. The highest BCUT2D eigenvalue weighted by atomic mass is 35.5. The number of hydrogen-bond donors (Lipinski definition) is 6. The van der Waals surface area contributed by atoms with Crippen molar-refractivity contribution < 1.29 is 48.9 Å². The van der Waals surface area contributed by atoms with E-state index in [-0.39, 0.29) is 55.4 Å². The lowest BCUT2D eigenvalue weighted by atomic mass is 10.0. The molecule has 2 aromatic carbocycles. The number of epoxide rings is 1. The molecule has 4 heterocycles. The molecule has 356 valence electrons. The van der Waals surface area contributed by atoms with Gasteiger partial charge in [-0.15, -0.1) is 11.6 Å². The number of carbonyl (C=O) groups excluding carboxylic acids is 1. The molecule has 4 fully saturated rings. The van der Waals surface area contributed by atoms with Gasteiger partial charge < -0.3 is 59.6 Å². The standard InChI is InChI=1S/C14H21NO2.C12H23NO4.C11H17NO.C7H15NO2.C3H5ClO/c1-14(2)11-15(9-13(10-16)17-14)8-12-6-4-3-5-7-12;1-11(2,3)17-10(15)13-6-9(7-14)16-12(4,5)8-13;1-11(2,13)9-12-8-10-6-4-3-5-7-10;1-7(2)5-8-3-6(4-9)10-7;4-1-3-2-5-3/h3-7,13,16H,8-11H2,1-2H3;9,14H,6-8H2,1-5H3;3-7,12-13H,8-9H2,1-2H3;6,8-9H,3-5H2,1-2H3;3H,1-2H2/t13-;9-;;6-;3-/m00.00/s1. The molecule has 0 spiro atoms. The molecule has 0 aliphatic carbocycles. The number of nitrogens with zero attached hydrogens (tertiary/aromatic N) is 2. The summed E-state index contributed by atoms with van der Waals surface area (Å²) in [7, 11) is 0. The summed E-state index contributed by atoms with van der Waals surface area (Å²) < 4.78 is 27.0. The maximum absolute atomic E-state index is 11.9. The van der Waals surface area contributed by atoms with Crippen molar-refractivity contribution in [2.75, 3.05) is 78.1 Å². The number of aliphatic hydroxyl groups excluding tert-OH is 3. The highest BCUT2D eigenvalue weighted by Crippen LogP contribution is 2.24. The average molecular weight is 898 g/mol. The zero-order chi connectivity index (χ0) is 46.6. The quantitative estimate of drug-likeness (QED) is 0.139. The molecule has 4 atom stereocenters. The first-order valence-electron chi connectivity index (χ1n) is 21.8. The van der Waals surface area contributed by atoms with Crippen LogP contribution in [0.15, 0.2) is 60.7 Å². The minimum atomic E-state index is -0.630. The fourth-order valence-electron chi connectivity index (χ4n) is 6.77. The molecular formula is C47H81ClN4O10. The smallest absolute Gasteiger partial charge is 0.410 e. The van der Waals surface area contributed by atoms with E-state index in [4.69, 9.17) is 45.5 Å².